The maximum Gasteiger partial charge on any atom is 0.251 e. The molecule has 3 atom stereocenters. The van der Waals surface area contributed by atoms with Crippen molar-refractivity contribution in [1.29, 1.82) is 0 Å². The zero-order valence-corrected chi connectivity index (χ0v) is 15.0. The first-order valence-corrected chi connectivity index (χ1v) is 9.27. The lowest BCUT2D eigenvalue weighted by atomic mass is 9.76. The molecule has 4 rings (SSSR count). The van der Waals surface area contributed by atoms with E-state index in [4.69, 9.17) is 16.7 Å². The van der Waals surface area contributed by atoms with Gasteiger partial charge in [0.05, 0.1) is 12.6 Å². The quantitative estimate of drug-likeness (QED) is 0.717. The highest BCUT2D eigenvalue weighted by atomic mass is 35.5. The van der Waals surface area contributed by atoms with Crippen molar-refractivity contribution in [3.05, 3.63) is 76.3 Å². The minimum Gasteiger partial charge on any atom is -0.395 e. The van der Waals surface area contributed by atoms with E-state index in [-0.39, 0.29) is 31.0 Å². The molecule has 3 N–H and O–H groups in total. The van der Waals surface area contributed by atoms with Crippen LogP contribution in [0.2, 0.25) is 5.02 Å². The zero-order valence-electron chi connectivity index (χ0n) is 14.3. The lowest BCUT2D eigenvalue weighted by molar-refractivity contribution is 0.0944. The van der Waals surface area contributed by atoms with Gasteiger partial charge in [-0.2, -0.15) is 0 Å². The van der Waals surface area contributed by atoms with Crippen LogP contribution in [0, 0.1) is 5.92 Å². The Balaban J connectivity index is 1.66. The molecular weight excluding hydrogens is 348 g/mol. The summed E-state index contributed by atoms with van der Waals surface area (Å²) in [7, 11) is 0. The van der Waals surface area contributed by atoms with E-state index in [1.807, 2.05) is 30.3 Å². The van der Waals surface area contributed by atoms with E-state index in [1.54, 1.807) is 0 Å². The molecule has 0 radical (unpaired) electrons. The summed E-state index contributed by atoms with van der Waals surface area (Å²) in [6.07, 6.45) is 5.49. The molecule has 0 aromatic heterocycles. The SMILES string of the molecule is O=C(NCCO)c1ccc2c(c1)[C@@H]1C=CC[C@@H]1[C@@H](c1ccc(Cl)cc1)N2. The van der Waals surface area contributed by atoms with Crippen LogP contribution in [0.4, 0.5) is 5.69 Å². The van der Waals surface area contributed by atoms with Crippen LogP contribution in [-0.2, 0) is 0 Å². The fourth-order valence-electron chi connectivity index (χ4n) is 4.01. The van der Waals surface area contributed by atoms with Crippen LogP contribution in [0.25, 0.3) is 0 Å². The molecule has 4 nitrogen and oxygen atoms in total. The summed E-state index contributed by atoms with van der Waals surface area (Å²) in [5, 5.41) is 16.0. The highest BCUT2D eigenvalue weighted by Gasteiger charge is 2.38. The molecule has 26 heavy (non-hydrogen) atoms. The molecule has 2 aromatic carbocycles. The predicted octanol–water partition coefficient (Wildman–Crippen LogP) is 3.89. The number of anilines is 1. The molecular formula is C21H21ClN2O2. The monoisotopic (exact) mass is 368 g/mol. The number of halogens is 1. The summed E-state index contributed by atoms with van der Waals surface area (Å²) in [5.41, 5.74) is 4.08. The van der Waals surface area contributed by atoms with E-state index in [2.05, 4.69) is 34.9 Å². The number of aliphatic hydroxyl groups excluding tert-OH is 1. The van der Waals surface area contributed by atoms with Crippen molar-refractivity contribution in [2.24, 2.45) is 5.92 Å². The minimum absolute atomic E-state index is 0.0611. The van der Waals surface area contributed by atoms with Gasteiger partial charge in [0.15, 0.2) is 0 Å². The molecule has 1 heterocycles. The number of rotatable bonds is 4. The number of allylic oxidation sites excluding steroid dienone is 2. The number of hydrogen-bond donors (Lipinski definition) is 3. The number of carbonyl (C=O) groups excluding carboxylic acids is 1. The standard InChI is InChI=1S/C21H21ClN2O2/c22-15-7-4-13(5-8-15)20-17-3-1-2-16(17)18-12-14(6-9-19(18)24-20)21(26)23-10-11-25/h1-2,4-9,12,16-17,20,24-25H,3,10-11H2,(H,23,26)/t16-,17+,20-/m1/s1. The first-order valence-electron chi connectivity index (χ1n) is 8.89. The van der Waals surface area contributed by atoms with Crippen LogP contribution in [0.1, 0.15) is 39.9 Å². The second-order valence-corrected chi connectivity index (χ2v) is 7.25. The Bertz CT molecular complexity index is 848. The van der Waals surface area contributed by atoms with E-state index in [9.17, 15) is 4.79 Å². The van der Waals surface area contributed by atoms with Crippen molar-refractivity contribution in [3.63, 3.8) is 0 Å². The van der Waals surface area contributed by atoms with E-state index < -0.39 is 0 Å². The maximum absolute atomic E-state index is 12.2. The second-order valence-electron chi connectivity index (χ2n) is 6.81. The molecule has 134 valence electrons. The highest BCUT2D eigenvalue weighted by molar-refractivity contribution is 6.30. The average molecular weight is 369 g/mol. The molecule has 5 heteroatoms. The Kier molecular flexibility index (Phi) is 4.70. The first-order chi connectivity index (χ1) is 12.7. The third-order valence-electron chi connectivity index (χ3n) is 5.25. The van der Waals surface area contributed by atoms with Crippen molar-refractivity contribution in [1.82, 2.24) is 5.32 Å². The van der Waals surface area contributed by atoms with Crippen molar-refractivity contribution in [2.45, 2.75) is 18.4 Å². The van der Waals surface area contributed by atoms with Gasteiger partial charge in [0.25, 0.3) is 5.91 Å². The molecule has 2 aromatic rings. The van der Waals surface area contributed by atoms with E-state index in [0.29, 0.717) is 11.5 Å². The number of amides is 1. The van der Waals surface area contributed by atoms with Crippen LogP contribution >= 0.6 is 11.6 Å². The van der Waals surface area contributed by atoms with Gasteiger partial charge in [0.1, 0.15) is 0 Å². The molecule has 1 aliphatic heterocycles. The summed E-state index contributed by atoms with van der Waals surface area (Å²) in [6, 6.07) is 14.0. The van der Waals surface area contributed by atoms with E-state index >= 15 is 0 Å². The number of nitrogens with one attached hydrogen (secondary N) is 2. The smallest absolute Gasteiger partial charge is 0.251 e. The van der Waals surface area contributed by atoms with Gasteiger partial charge in [-0.25, -0.2) is 0 Å². The van der Waals surface area contributed by atoms with E-state index in [0.717, 1.165) is 22.7 Å². The van der Waals surface area contributed by atoms with Gasteiger partial charge in [-0.05, 0) is 53.8 Å². The Morgan fingerprint density at radius 2 is 2.04 bits per heavy atom. The lowest BCUT2D eigenvalue weighted by Gasteiger charge is -2.37. The molecule has 0 saturated carbocycles. The van der Waals surface area contributed by atoms with Gasteiger partial charge >= 0.3 is 0 Å². The largest absolute Gasteiger partial charge is 0.395 e. The van der Waals surface area contributed by atoms with E-state index in [1.165, 1.54) is 5.56 Å². The van der Waals surface area contributed by atoms with Crippen molar-refractivity contribution < 1.29 is 9.90 Å². The Morgan fingerprint density at radius 3 is 2.81 bits per heavy atom. The predicted molar refractivity (Wildman–Crippen MR) is 104 cm³/mol. The molecule has 0 spiro atoms. The maximum atomic E-state index is 12.2. The van der Waals surface area contributed by atoms with Gasteiger partial charge < -0.3 is 15.7 Å². The Hall–Kier alpha value is -2.30. The van der Waals surface area contributed by atoms with Crippen LogP contribution < -0.4 is 10.6 Å². The van der Waals surface area contributed by atoms with Crippen LogP contribution in [-0.4, -0.2) is 24.2 Å². The van der Waals surface area contributed by atoms with Crippen LogP contribution in [0.5, 0.6) is 0 Å². The Morgan fingerprint density at radius 1 is 1.23 bits per heavy atom. The summed E-state index contributed by atoms with van der Waals surface area (Å²) in [6.45, 7) is 0.202. The number of benzene rings is 2. The van der Waals surface area contributed by atoms with Gasteiger partial charge in [0.2, 0.25) is 0 Å². The third kappa shape index (κ3) is 3.11. The highest BCUT2D eigenvalue weighted by Crippen LogP contribution is 2.49. The molecule has 0 saturated heterocycles. The number of carbonyl (C=O) groups is 1. The fraction of sp³-hybridized carbons (Fsp3) is 0.286. The molecule has 2 aliphatic rings. The molecule has 1 amide bonds. The molecule has 0 bridgehead atoms. The minimum atomic E-state index is -0.153. The third-order valence-corrected chi connectivity index (χ3v) is 5.50. The summed E-state index contributed by atoms with van der Waals surface area (Å²) < 4.78 is 0. The normalized spacial score (nSPS) is 23.1. The van der Waals surface area contributed by atoms with Crippen molar-refractivity contribution in [3.8, 4) is 0 Å². The zero-order chi connectivity index (χ0) is 18.1. The Labute approximate surface area is 157 Å². The van der Waals surface area contributed by atoms with Crippen LogP contribution in [0.15, 0.2) is 54.6 Å². The molecule has 0 fully saturated rings. The number of hydrogen-bond acceptors (Lipinski definition) is 3. The van der Waals surface area contributed by atoms with Gasteiger partial charge in [-0.1, -0.05) is 35.9 Å². The van der Waals surface area contributed by atoms with Crippen molar-refractivity contribution >= 4 is 23.2 Å². The van der Waals surface area contributed by atoms with Gasteiger partial charge in [0, 0.05) is 28.7 Å². The molecule has 1 aliphatic carbocycles. The number of fused-ring (bicyclic) bond motifs is 3. The summed E-state index contributed by atoms with van der Waals surface area (Å²) in [4.78, 5) is 12.2. The summed E-state index contributed by atoms with van der Waals surface area (Å²) in [5.74, 6) is 0.553. The average Bonchev–Trinajstić information content (AvgIpc) is 3.16. The molecule has 0 unspecified atom stereocenters. The number of aliphatic hydroxyl groups is 1. The summed E-state index contributed by atoms with van der Waals surface area (Å²) >= 11 is 6.04. The van der Waals surface area contributed by atoms with Gasteiger partial charge in [-0.15, -0.1) is 0 Å². The second kappa shape index (κ2) is 7.14. The lowest BCUT2D eigenvalue weighted by Crippen LogP contribution is -2.30. The topological polar surface area (TPSA) is 61.4 Å². The van der Waals surface area contributed by atoms with Crippen LogP contribution in [0.3, 0.4) is 0 Å². The first kappa shape index (κ1) is 17.1. The van der Waals surface area contributed by atoms with Gasteiger partial charge in [-0.3, -0.25) is 4.79 Å². The fourth-order valence-corrected chi connectivity index (χ4v) is 4.13. The van der Waals surface area contributed by atoms with Crippen molar-refractivity contribution in [2.75, 3.05) is 18.5 Å².